The van der Waals surface area contributed by atoms with Crippen LogP contribution in [0.4, 0.5) is 0 Å². The Morgan fingerprint density at radius 1 is 1.33 bits per heavy atom. The van der Waals surface area contributed by atoms with Gasteiger partial charge in [0, 0.05) is 18.4 Å². The fraction of sp³-hybridized carbons (Fsp3) is 0.556. The first kappa shape index (κ1) is 10.7. The number of hydrogen-bond acceptors (Lipinski definition) is 3. The second-order valence-electron chi connectivity index (χ2n) is 3.69. The maximum absolute atomic E-state index is 11.8. The van der Waals surface area contributed by atoms with Gasteiger partial charge in [0.15, 0.2) is 0 Å². The molecule has 1 aromatic rings. The molecule has 2 heterocycles. The molecular formula is C9H15N3O2S. The SMILES string of the molecule is O=S(=O)(NC1CCNCC1)c1cc[nH]c1. The predicted octanol–water partition coefficient (Wildman–Crippen LogP) is 0.0450. The van der Waals surface area contributed by atoms with Crippen LogP contribution in [0.3, 0.4) is 0 Å². The summed E-state index contributed by atoms with van der Waals surface area (Å²) in [6.45, 7) is 1.75. The zero-order valence-corrected chi connectivity index (χ0v) is 9.18. The summed E-state index contributed by atoms with van der Waals surface area (Å²) in [5, 5.41) is 3.19. The third-order valence-electron chi connectivity index (χ3n) is 2.54. The van der Waals surface area contributed by atoms with E-state index in [1.54, 1.807) is 12.3 Å². The number of rotatable bonds is 3. The smallest absolute Gasteiger partial charge is 0.242 e. The summed E-state index contributed by atoms with van der Waals surface area (Å²) >= 11 is 0. The minimum atomic E-state index is -3.33. The molecule has 1 aliphatic rings. The molecule has 1 fully saturated rings. The molecule has 15 heavy (non-hydrogen) atoms. The van der Waals surface area contributed by atoms with Crippen LogP contribution in [0.15, 0.2) is 23.4 Å². The Bertz CT molecular complexity index is 393. The number of aromatic nitrogens is 1. The van der Waals surface area contributed by atoms with Crippen molar-refractivity contribution in [3.05, 3.63) is 18.5 Å². The van der Waals surface area contributed by atoms with Crippen LogP contribution in [0.2, 0.25) is 0 Å². The molecule has 84 valence electrons. The van der Waals surface area contributed by atoms with E-state index >= 15 is 0 Å². The monoisotopic (exact) mass is 229 g/mol. The van der Waals surface area contributed by atoms with Crippen molar-refractivity contribution in [2.75, 3.05) is 13.1 Å². The Balaban J connectivity index is 2.04. The highest BCUT2D eigenvalue weighted by Crippen LogP contribution is 2.10. The summed E-state index contributed by atoms with van der Waals surface area (Å²) in [4.78, 5) is 3.05. The van der Waals surface area contributed by atoms with Gasteiger partial charge in [-0.05, 0) is 32.0 Å². The van der Waals surface area contributed by atoms with Gasteiger partial charge in [-0.25, -0.2) is 13.1 Å². The van der Waals surface area contributed by atoms with E-state index in [2.05, 4.69) is 15.0 Å². The van der Waals surface area contributed by atoms with Gasteiger partial charge >= 0.3 is 0 Å². The number of piperidine rings is 1. The molecule has 0 spiro atoms. The second kappa shape index (κ2) is 4.34. The standard InChI is InChI=1S/C9H15N3O2S/c13-15(14,9-3-6-11-7-9)12-8-1-4-10-5-2-8/h3,6-8,10-12H,1-2,4-5H2. The lowest BCUT2D eigenvalue weighted by atomic mass is 10.1. The molecule has 0 saturated carbocycles. The van der Waals surface area contributed by atoms with E-state index in [0.717, 1.165) is 25.9 Å². The van der Waals surface area contributed by atoms with Crippen molar-refractivity contribution < 1.29 is 8.42 Å². The quantitative estimate of drug-likeness (QED) is 0.685. The third kappa shape index (κ3) is 2.58. The first-order chi connectivity index (χ1) is 7.18. The molecule has 0 radical (unpaired) electrons. The topological polar surface area (TPSA) is 74.0 Å². The molecule has 0 aromatic carbocycles. The van der Waals surface area contributed by atoms with Crippen LogP contribution in [0.1, 0.15) is 12.8 Å². The summed E-state index contributed by atoms with van der Waals surface area (Å²) in [7, 11) is -3.33. The van der Waals surface area contributed by atoms with Crippen LogP contribution in [0, 0.1) is 0 Å². The predicted molar refractivity (Wildman–Crippen MR) is 57.0 cm³/mol. The zero-order chi connectivity index (χ0) is 10.7. The molecule has 3 N–H and O–H groups in total. The lowest BCUT2D eigenvalue weighted by Gasteiger charge is -2.23. The molecule has 6 heteroatoms. The Labute approximate surface area is 89.3 Å². The summed E-state index contributed by atoms with van der Waals surface area (Å²) in [5.41, 5.74) is 0. The summed E-state index contributed by atoms with van der Waals surface area (Å²) in [5.74, 6) is 0. The van der Waals surface area contributed by atoms with E-state index in [-0.39, 0.29) is 6.04 Å². The number of aromatic amines is 1. The maximum Gasteiger partial charge on any atom is 0.242 e. The van der Waals surface area contributed by atoms with Gasteiger partial charge in [0.25, 0.3) is 0 Å². The van der Waals surface area contributed by atoms with Crippen molar-refractivity contribution in [1.82, 2.24) is 15.0 Å². The summed E-state index contributed by atoms with van der Waals surface area (Å²) in [6, 6.07) is 1.62. The van der Waals surface area contributed by atoms with Crippen molar-refractivity contribution >= 4 is 10.0 Å². The maximum atomic E-state index is 11.8. The Kier molecular flexibility index (Phi) is 3.08. The highest BCUT2D eigenvalue weighted by atomic mass is 32.2. The summed E-state index contributed by atoms with van der Waals surface area (Å²) < 4.78 is 26.3. The van der Waals surface area contributed by atoms with E-state index in [1.807, 2.05) is 0 Å². The van der Waals surface area contributed by atoms with Crippen molar-refractivity contribution in [2.45, 2.75) is 23.8 Å². The fourth-order valence-electron chi connectivity index (χ4n) is 1.70. The highest BCUT2D eigenvalue weighted by Gasteiger charge is 2.21. The van der Waals surface area contributed by atoms with E-state index in [4.69, 9.17) is 0 Å². The molecule has 0 bridgehead atoms. The number of hydrogen-bond donors (Lipinski definition) is 3. The second-order valence-corrected chi connectivity index (χ2v) is 5.41. The molecule has 0 unspecified atom stereocenters. The van der Waals surface area contributed by atoms with Crippen molar-refractivity contribution in [3.8, 4) is 0 Å². The highest BCUT2D eigenvalue weighted by molar-refractivity contribution is 7.89. The van der Waals surface area contributed by atoms with Gasteiger partial charge in [0.1, 0.15) is 0 Å². The first-order valence-corrected chi connectivity index (χ1v) is 6.53. The van der Waals surface area contributed by atoms with Gasteiger partial charge in [0.2, 0.25) is 10.0 Å². The van der Waals surface area contributed by atoms with Crippen molar-refractivity contribution in [3.63, 3.8) is 0 Å². The Morgan fingerprint density at radius 2 is 2.07 bits per heavy atom. The molecule has 0 atom stereocenters. The van der Waals surface area contributed by atoms with Gasteiger partial charge in [-0.1, -0.05) is 0 Å². The molecule has 2 rings (SSSR count). The average Bonchev–Trinajstić information content (AvgIpc) is 2.71. The van der Waals surface area contributed by atoms with Gasteiger partial charge in [0.05, 0.1) is 4.90 Å². The van der Waals surface area contributed by atoms with Gasteiger partial charge < -0.3 is 10.3 Å². The van der Waals surface area contributed by atoms with Gasteiger partial charge in [-0.3, -0.25) is 0 Å². The van der Waals surface area contributed by atoms with Crippen LogP contribution in [-0.4, -0.2) is 32.5 Å². The van der Waals surface area contributed by atoms with Crippen LogP contribution in [-0.2, 0) is 10.0 Å². The van der Waals surface area contributed by atoms with Crippen molar-refractivity contribution in [2.24, 2.45) is 0 Å². The number of sulfonamides is 1. The minimum absolute atomic E-state index is 0.0612. The molecule has 1 aromatic heterocycles. The van der Waals surface area contributed by atoms with Gasteiger partial charge in [-0.2, -0.15) is 0 Å². The average molecular weight is 229 g/mol. The Morgan fingerprint density at radius 3 is 2.67 bits per heavy atom. The zero-order valence-electron chi connectivity index (χ0n) is 8.36. The molecular weight excluding hydrogens is 214 g/mol. The Hall–Kier alpha value is -0.850. The minimum Gasteiger partial charge on any atom is -0.366 e. The molecule has 0 amide bonds. The largest absolute Gasteiger partial charge is 0.366 e. The molecule has 1 saturated heterocycles. The molecule has 5 nitrogen and oxygen atoms in total. The van der Waals surface area contributed by atoms with Gasteiger partial charge in [-0.15, -0.1) is 0 Å². The summed E-state index contributed by atoms with van der Waals surface area (Å²) in [6.07, 6.45) is 4.80. The van der Waals surface area contributed by atoms with Crippen LogP contribution in [0.5, 0.6) is 0 Å². The van der Waals surface area contributed by atoms with E-state index < -0.39 is 10.0 Å². The van der Waals surface area contributed by atoms with E-state index in [9.17, 15) is 8.42 Å². The fourth-order valence-corrected chi connectivity index (χ4v) is 2.98. The number of nitrogens with one attached hydrogen (secondary N) is 3. The third-order valence-corrected chi connectivity index (χ3v) is 4.06. The van der Waals surface area contributed by atoms with Crippen LogP contribution < -0.4 is 10.0 Å². The number of H-pyrrole nitrogens is 1. The van der Waals surface area contributed by atoms with Crippen molar-refractivity contribution in [1.29, 1.82) is 0 Å². The van der Waals surface area contributed by atoms with Crippen LogP contribution >= 0.6 is 0 Å². The lowest BCUT2D eigenvalue weighted by molar-refractivity contribution is 0.427. The lowest BCUT2D eigenvalue weighted by Crippen LogP contribution is -2.42. The molecule has 1 aliphatic heterocycles. The normalized spacial score (nSPS) is 19.2. The first-order valence-electron chi connectivity index (χ1n) is 5.04. The van der Waals surface area contributed by atoms with Crippen LogP contribution in [0.25, 0.3) is 0 Å². The van der Waals surface area contributed by atoms with E-state index in [0.29, 0.717) is 4.90 Å². The van der Waals surface area contributed by atoms with E-state index in [1.165, 1.54) is 6.20 Å². The molecule has 0 aliphatic carbocycles.